The molecule has 3 N–H and O–H groups in total. The highest BCUT2D eigenvalue weighted by atomic mass is 35.5. The van der Waals surface area contributed by atoms with Crippen LogP contribution in [0.5, 0.6) is 0 Å². The topological polar surface area (TPSA) is 104 Å². The highest BCUT2D eigenvalue weighted by Crippen LogP contribution is 2.31. The molecule has 1 aliphatic rings. The molecule has 0 radical (unpaired) electrons. The number of nitrogens with zero attached hydrogens (tertiary/aromatic N) is 5. The fraction of sp³-hybridized carbons (Fsp3) is 0.368. The van der Waals surface area contributed by atoms with E-state index in [-0.39, 0.29) is 18.0 Å². The van der Waals surface area contributed by atoms with E-state index in [4.69, 9.17) is 11.6 Å². The number of piperidine rings is 1. The van der Waals surface area contributed by atoms with Gasteiger partial charge in [0.2, 0.25) is 11.9 Å². The maximum absolute atomic E-state index is 12.2. The van der Waals surface area contributed by atoms with Crippen LogP contribution in [0.15, 0.2) is 31.2 Å². The molecule has 0 saturated carbocycles. The third-order valence-corrected chi connectivity index (χ3v) is 5.42. The van der Waals surface area contributed by atoms with Gasteiger partial charge < -0.3 is 20.5 Å². The van der Waals surface area contributed by atoms with Crippen molar-refractivity contribution in [2.75, 3.05) is 17.2 Å². The molecule has 3 aromatic rings. The van der Waals surface area contributed by atoms with E-state index < -0.39 is 0 Å². The zero-order valence-electron chi connectivity index (χ0n) is 16.3. The summed E-state index contributed by atoms with van der Waals surface area (Å²) in [5.41, 5.74) is 1.41. The quantitative estimate of drug-likeness (QED) is 0.554. The van der Waals surface area contributed by atoms with Crippen molar-refractivity contribution in [3.05, 3.63) is 36.3 Å². The molecule has 4 rings (SSSR count). The summed E-state index contributed by atoms with van der Waals surface area (Å²) in [5.74, 6) is 0.989. The lowest BCUT2D eigenvalue weighted by molar-refractivity contribution is -0.129. The lowest BCUT2D eigenvalue weighted by Crippen LogP contribution is -2.49. The molecule has 1 aliphatic heterocycles. The van der Waals surface area contributed by atoms with Gasteiger partial charge in [-0.2, -0.15) is 15.1 Å². The van der Waals surface area contributed by atoms with Crippen molar-refractivity contribution in [1.29, 1.82) is 0 Å². The average molecular weight is 415 g/mol. The first-order chi connectivity index (χ1) is 13.9. The van der Waals surface area contributed by atoms with Gasteiger partial charge in [-0.05, 0) is 25.8 Å². The van der Waals surface area contributed by atoms with Crippen LogP contribution >= 0.6 is 11.6 Å². The molecule has 4 heterocycles. The molecule has 2 atom stereocenters. The van der Waals surface area contributed by atoms with Crippen LogP contribution in [0.25, 0.3) is 11.0 Å². The summed E-state index contributed by atoms with van der Waals surface area (Å²) in [6.07, 6.45) is 8.40. The van der Waals surface area contributed by atoms with Gasteiger partial charge in [-0.1, -0.05) is 18.2 Å². The number of aromatic nitrogens is 5. The fourth-order valence-corrected chi connectivity index (χ4v) is 3.85. The first kappa shape index (κ1) is 19.3. The maximum Gasteiger partial charge on any atom is 0.246 e. The Bertz CT molecular complexity index is 1060. The number of likely N-dealkylation sites (tertiary alicyclic amines) is 1. The smallest absolute Gasteiger partial charge is 0.246 e. The minimum absolute atomic E-state index is 0.0467. The summed E-state index contributed by atoms with van der Waals surface area (Å²) >= 11 is 6.37. The van der Waals surface area contributed by atoms with Gasteiger partial charge in [0.1, 0.15) is 11.5 Å². The number of aromatic amines is 1. The average Bonchev–Trinajstić information content (AvgIpc) is 3.28. The van der Waals surface area contributed by atoms with Gasteiger partial charge in [0.25, 0.3) is 0 Å². The van der Waals surface area contributed by atoms with Crippen molar-refractivity contribution in [2.45, 2.75) is 31.8 Å². The second-order valence-electron chi connectivity index (χ2n) is 7.25. The number of anilines is 3. The lowest BCUT2D eigenvalue weighted by atomic mass is 9.99. The van der Waals surface area contributed by atoms with Gasteiger partial charge in [0, 0.05) is 38.1 Å². The molecular formula is C19H23ClN8O. The fourth-order valence-electron chi connectivity index (χ4n) is 3.61. The zero-order valence-corrected chi connectivity index (χ0v) is 17.1. The molecule has 0 unspecified atom stereocenters. The van der Waals surface area contributed by atoms with Crippen LogP contribution < -0.4 is 10.6 Å². The third-order valence-electron chi connectivity index (χ3n) is 5.13. The first-order valence-corrected chi connectivity index (χ1v) is 9.82. The van der Waals surface area contributed by atoms with Crippen molar-refractivity contribution in [3.8, 4) is 0 Å². The summed E-state index contributed by atoms with van der Waals surface area (Å²) in [5, 5.41) is 12.0. The molecule has 0 aliphatic carbocycles. The van der Waals surface area contributed by atoms with Crippen molar-refractivity contribution in [1.82, 2.24) is 29.6 Å². The Kier molecular flexibility index (Phi) is 5.14. The van der Waals surface area contributed by atoms with Crippen LogP contribution in [0.2, 0.25) is 5.02 Å². The Morgan fingerprint density at radius 3 is 2.97 bits per heavy atom. The molecular weight excluding hydrogens is 392 g/mol. The predicted molar refractivity (Wildman–Crippen MR) is 113 cm³/mol. The second-order valence-corrected chi connectivity index (χ2v) is 7.65. The highest BCUT2D eigenvalue weighted by Gasteiger charge is 2.28. The Hall–Kier alpha value is -3.07. The van der Waals surface area contributed by atoms with Crippen LogP contribution in [0.1, 0.15) is 19.8 Å². The molecule has 0 bridgehead atoms. The number of hydrogen-bond acceptors (Lipinski definition) is 6. The highest BCUT2D eigenvalue weighted by molar-refractivity contribution is 6.36. The van der Waals surface area contributed by atoms with Gasteiger partial charge in [-0.15, -0.1) is 0 Å². The minimum Gasteiger partial charge on any atom is -0.365 e. The van der Waals surface area contributed by atoms with Crippen LogP contribution in [-0.2, 0) is 11.8 Å². The predicted octanol–water partition coefficient (Wildman–Crippen LogP) is 3.07. The van der Waals surface area contributed by atoms with E-state index in [1.54, 1.807) is 17.1 Å². The lowest BCUT2D eigenvalue weighted by Gasteiger charge is -2.38. The molecule has 0 spiro atoms. The van der Waals surface area contributed by atoms with Gasteiger partial charge >= 0.3 is 0 Å². The standard InChI is InChI=1S/C19H23ClN8O/c1-4-15(29)28-10-12(6-5-11(28)2)23-18-16-14(20)8-21-17(16)25-19(26-18)24-13-7-22-27(3)9-13/h4,7-9,11-12H,1,5-6,10H2,2-3H3,(H3,21,23,24,25,26)/t11-,12+/m0/s1. The molecule has 3 aromatic heterocycles. The Morgan fingerprint density at radius 1 is 1.41 bits per heavy atom. The van der Waals surface area contributed by atoms with Gasteiger partial charge in [-0.25, -0.2) is 0 Å². The van der Waals surface area contributed by atoms with Crippen LogP contribution in [0.4, 0.5) is 17.5 Å². The van der Waals surface area contributed by atoms with Gasteiger partial charge in [-0.3, -0.25) is 9.48 Å². The summed E-state index contributed by atoms with van der Waals surface area (Å²) in [7, 11) is 1.84. The molecule has 1 amide bonds. The van der Waals surface area contributed by atoms with E-state index in [0.29, 0.717) is 29.0 Å². The number of halogens is 1. The zero-order chi connectivity index (χ0) is 20.5. The van der Waals surface area contributed by atoms with Crippen molar-refractivity contribution in [2.24, 2.45) is 7.05 Å². The van der Waals surface area contributed by atoms with E-state index in [2.05, 4.69) is 44.2 Å². The summed E-state index contributed by atoms with van der Waals surface area (Å²) in [6.45, 7) is 6.24. The van der Waals surface area contributed by atoms with Gasteiger partial charge in [0.05, 0.1) is 22.3 Å². The Labute approximate surface area is 173 Å². The number of H-pyrrole nitrogens is 1. The van der Waals surface area contributed by atoms with Gasteiger partial charge in [0.15, 0.2) is 0 Å². The number of nitrogens with one attached hydrogen (secondary N) is 3. The SMILES string of the molecule is C=CC(=O)N1C[C@H](Nc2nc(Nc3cnn(C)c3)nc3[nH]cc(Cl)c23)CC[C@@H]1C. The number of rotatable bonds is 5. The molecule has 1 saturated heterocycles. The molecule has 29 heavy (non-hydrogen) atoms. The van der Waals surface area contributed by atoms with Crippen molar-refractivity contribution in [3.63, 3.8) is 0 Å². The monoisotopic (exact) mass is 414 g/mol. The van der Waals surface area contributed by atoms with E-state index in [0.717, 1.165) is 23.9 Å². The molecule has 1 fully saturated rings. The molecule has 9 nitrogen and oxygen atoms in total. The van der Waals surface area contributed by atoms with E-state index in [1.807, 2.05) is 18.1 Å². The first-order valence-electron chi connectivity index (χ1n) is 9.44. The van der Waals surface area contributed by atoms with E-state index in [1.165, 1.54) is 6.08 Å². The summed E-state index contributed by atoms with van der Waals surface area (Å²) in [4.78, 5) is 26.2. The largest absolute Gasteiger partial charge is 0.365 e. The molecule has 0 aromatic carbocycles. The summed E-state index contributed by atoms with van der Waals surface area (Å²) in [6, 6.07) is 0.230. The third kappa shape index (κ3) is 3.91. The number of carbonyl (C=O) groups excluding carboxylic acids is 1. The number of hydrogen-bond donors (Lipinski definition) is 3. The normalized spacial score (nSPS) is 19.3. The summed E-state index contributed by atoms with van der Waals surface area (Å²) < 4.78 is 1.69. The number of carbonyl (C=O) groups is 1. The van der Waals surface area contributed by atoms with Crippen molar-refractivity contribution >= 4 is 46.0 Å². The maximum atomic E-state index is 12.2. The van der Waals surface area contributed by atoms with E-state index in [9.17, 15) is 4.79 Å². The minimum atomic E-state index is -0.0598. The van der Waals surface area contributed by atoms with Crippen molar-refractivity contribution < 1.29 is 4.79 Å². The van der Waals surface area contributed by atoms with Crippen LogP contribution in [0.3, 0.4) is 0 Å². The Morgan fingerprint density at radius 2 is 2.24 bits per heavy atom. The number of aryl methyl sites for hydroxylation is 1. The number of amides is 1. The molecule has 10 heteroatoms. The second kappa shape index (κ2) is 7.75. The Balaban J connectivity index is 1.62. The molecule has 152 valence electrons. The van der Waals surface area contributed by atoms with Crippen LogP contribution in [-0.4, -0.2) is 54.2 Å². The van der Waals surface area contributed by atoms with E-state index >= 15 is 0 Å². The van der Waals surface area contributed by atoms with Crippen LogP contribution in [0, 0.1) is 0 Å². The number of fused-ring (bicyclic) bond motifs is 1.